The van der Waals surface area contributed by atoms with Crippen LogP contribution >= 0.6 is 0 Å². The van der Waals surface area contributed by atoms with Crippen LogP contribution in [0.15, 0.2) is 22.7 Å². The largest absolute Gasteiger partial charge is 0.340 e. The minimum Gasteiger partial charge on any atom is -0.340 e. The summed E-state index contributed by atoms with van der Waals surface area (Å²) in [7, 11) is 0. The van der Waals surface area contributed by atoms with Crippen molar-refractivity contribution in [1.82, 2.24) is 15.5 Å². The zero-order valence-corrected chi connectivity index (χ0v) is 9.77. The van der Waals surface area contributed by atoms with Crippen molar-refractivity contribution < 1.29 is 8.91 Å². The molecule has 2 aromatic rings. The fraction of sp³-hybridized carbons (Fsp3) is 0.250. The summed E-state index contributed by atoms with van der Waals surface area (Å²) in [6, 6.07) is 6.13. The minimum atomic E-state index is -0.416. The van der Waals surface area contributed by atoms with Crippen LogP contribution in [0.3, 0.4) is 0 Å². The van der Waals surface area contributed by atoms with Crippen molar-refractivity contribution in [3.8, 4) is 6.07 Å². The summed E-state index contributed by atoms with van der Waals surface area (Å²) >= 11 is 0. The lowest BCUT2D eigenvalue weighted by molar-refractivity contribution is 0.385. The first-order valence-electron chi connectivity index (χ1n) is 5.37. The molecule has 0 saturated carbocycles. The Morgan fingerprint density at radius 2 is 2.22 bits per heavy atom. The Bertz CT molecular complexity index is 588. The number of nitrogens with zero attached hydrogens (tertiary/aromatic N) is 3. The molecule has 0 aliphatic heterocycles. The third kappa shape index (κ3) is 3.12. The SMILES string of the molecule is Cc1nc(CNCc2cc(F)cc(C#N)c2)no1. The van der Waals surface area contributed by atoms with Gasteiger partial charge in [-0.25, -0.2) is 4.39 Å². The molecule has 0 unspecified atom stereocenters. The summed E-state index contributed by atoms with van der Waals surface area (Å²) in [5, 5.41) is 15.5. The van der Waals surface area contributed by atoms with Gasteiger partial charge in [-0.1, -0.05) is 5.16 Å². The van der Waals surface area contributed by atoms with Gasteiger partial charge in [-0.05, 0) is 23.8 Å². The van der Waals surface area contributed by atoms with Crippen LogP contribution < -0.4 is 5.32 Å². The molecule has 0 atom stereocenters. The summed E-state index contributed by atoms with van der Waals surface area (Å²) in [6.07, 6.45) is 0. The van der Waals surface area contributed by atoms with Crippen LogP contribution in [-0.2, 0) is 13.1 Å². The van der Waals surface area contributed by atoms with Gasteiger partial charge in [0.15, 0.2) is 5.82 Å². The van der Waals surface area contributed by atoms with Crippen molar-refractivity contribution >= 4 is 0 Å². The number of nitriles is 1. The highest BCUT2D eigenvalue weighted by molar-refractivity contribution is 5.33. The highest BCUT2D eigenvalue weighted by Gasteiger charge is 2.03. The second-order valence-corrected chi connectivity index (χ2v) is 3.79. The highest BCUT2D eigenvalue weighted by Crippen LogP contribution is 2.08. The van der Waals surface area contributed by atoms with Crippen LogP contribution in [-0.4, -0.2) is 10.1 Å². The lowest BCUT2D eigenvalue weighted by Gasteiger charge is -2.03. The summed E-state index contributed by atoms with van der Waals surface area (Å²) in [5.74, 6) is 0.634. The first-order chi connectivity index (χ1) is 8.67. The summed E-state index contributed by atoms with van der Waals surface area (Å²) in [5.41, 5.74) is 1.01. The van der Waals surface area contributed by atoms with Crippen molar-refractivity contribution in [3.63, 3.8) is 0 Å². The van der Waals surface area contributed by atoms with Crippen LogP contribution in [0.4, 0.5) is 4.39 Å². The van der Waals surface area contributed by atoms with E-state index in [1.165, 1.54) is 12.1 Å². The maximum atomic E-state index is 13.1. The standard InChI is InChI=1S/C12H11FN4O/c1-8-16-12(17-18-8)7-15-6-10-2-9(5-14)3-11(13)4-10/h2-4,15H,6-7H2,1H3. The van der Waals surface area contributed by atoms with Gasteiger partial charge < -0.3 is 9.84 Å². The molecule has 0 aliphatic carbocycles. The Labute approximate surface area is 103 Å². The number of halogens is 1. The van der Waals surface area contributed by atoms with Gasteiger partial charge in [-0.2, -0.15) is 10.2 Å². The van der Waals surface area contributed by atoms with Crippen LogP contribution in [0, 0.1) is 24.1 Å². The normalized spacial score (nSPS) is 10.3. The van der Waals surface area contributed by atoms with E-state index in [0.29, 0.717) is 35.9 Å². The monoisotopic (exact) mass is 246 g/mol. The zero-order valence-electron chi connectivity index (χ0n) is 9.77. The van der Waals surface area contributed by atoms with Crippen LogP contribution in [0.2, 0.25) is 0 Å². The van der Waals surface area contributed by atoms with Crippen LogP contribution in [0.1, 0.15) is 22.8 Å². The first-order valence-corrected chi connectivity index (χ1v) is 5.37. The van der Waals surface area contributed by atoms with Crippen molar-refractivity contribution in [2.75, 3.05) is 0 Å². The number of rotatable bonds is 4. The van der Waals surface area contributed by atoms with E-state index in [-0.39, 0.29) is 0 Å². The van der Waals surface area contributed by atoms with Crippen LogP contribution in [0.5, 0.6) is 0 Å². The van der Waals surface area contributed by atoms with E-state index in [9.17, 15) is 4.39 Å². The number of aryl methyl sites for hydroxylation is 1. The zero-order chi connectivity index (χ0) is 13.0. The summed E-state index contributed by atoms with van der Waals surface area (Å²) in [6.45, 7) is 2.57. The molecule has 5 nitrogen and oxygen atoms in total. The number of hydrogen-bond donors (Lipinski definition) is 1. The van der Waals surface area contributed by atoms with Crippen molar-refractivity contribution in [2.24, 2.45) is 0 Å². The molecule has 0 radical (unpaired) electrons. The average molecular weight is 246 g/mol. The topological polar surface area (TPSA) is 74.7 Å². The quantitative estimate of drug-likeness (QED) is 0.888. The lowest BCUT2D eigenvalue weighted by atomic mass is 10.1. The Balaban J connectivity index is 1.94. The average Bonchev–Trinajstić information content (AvgIpc) is 2.74. The Morgan fingerprint density at radius 3 is 2.89 bits per heavy atom. The Hall–Kier alpha value is -2.26. The van der Waals surface area contributed by atoms with Crippen LogP contribution in [0.25, 0.3) is 0 Å². The predicted molar refractivity (Wildman–Crippen MR) is 60.7 cm³/mol. The lowest BCUT2D eigenvalue weighted by Crippen LogP contribution is -2.14. The number of nitrogens with one attached hydrogen (secondary N) is 1. The molecule has 0 aliphatic rings. The molecule has 1 aromatic heterocycles. The van der Waals surface area contributed by atoms with Gasteiger partial charge in [-0.15, -0.1) is 0 Å². The molecule has 0 amide bonds. The molecule has 0 fully saturated rings. The maximum Gasteiger partial charge on any atom is 0.223 e. The van der Waals surface area contributed by atoms with Gasteiger partial charge in [0, 0.05) is 13.5 Å². The fourth-order valence-corrected chi connectivity index (χ4v) is 1.55. The van der Waals surface area contributed by atoms with E-state index in [2.05, 4.69) is 15.5 Å². The van der Waals surface area contributed by atoms with E-state index in [1.807, 2.05) is 6.07 Å². The molecule has 1 heterocycles. The van der Waals surface area contributed by atoms with Gasteiger partial charge in [0.05, 0.1) is 18.2 Å². The molecule has 0 spiro atoms. The molecule has 0 saturated heterocycles. The number of benzene rings is 1. The molecule has 6 heteroatoms. The van der Waals surface area contributed by atoms with Gasteiger partial charge in [-0.3, -0.25) is 0 Å². The minimum absolute atomic E-state index is 0.308. The summed E-state index contributed by atoms with van der Waals surface area (Å²) < 4.78 is 18.0. The third-order valence-electron chi connectivity index (χ3n) is 2.27. The van der Waals surface area contributed by atoms with Gasteiger partial charge in [0.1, 0.15) is 5.82 Å². The van der Waals surface area contributed by atoms with E-state index in [4.69, 9.17) is 9.78 Å². The molecular weight excluding hydrogens is 235 g/mol. The van der Waals surface area contributed by atoms with Gasteiger partial charge >= 0.3 is 0 Å². The molecule has 1 N–H and O–H groups in total. The molecule has 18 heavy (non-hydrogen) atoms. The van der Waals surface area contributed by atoms with Gasteiger partial charge in [0.2, 0.25) is 5.89 Å². The highest BCUT2D eigenvalue weighted by atomic mass is 19.1. The van der Waals surface area contributed by atoms with Crippen molar-refractivity contribution in [3.05, 3.63) is 46.9 Å². The second kappa shape index (κ2) is 5.38. The Morgan fingerprint density at radius 1 is 1.39 bits per heavy atom. The molecule has 0 bridgehead atoms. The van der Waals surface area contributed by atoms with E-state index < -0.39 is 5.82 Å². The third-order valence-corrected chi connectivity index (χ3v) is 2.27. The molecule has 1 aromatic carbocycles. The Kier molecular flexibility index (Phi) is 3.65. The predicted octanol–water partition coefficient (Wildman–Crippen LogP) is 1.68. The smallest absolute Gasteiger partial charge is 0.223 e. The van der Waals surface area contributed by atoms with E-state index >= 15 is 0 Å². The van der Waals surface area contributed by atoms with Crippen molar-refractivity contribution in [1.29, 1.82) is 5.26 Å². The van der Waals surface area contributed by atoms with Crippen molar-refractivity contribution in [2.45, 2.75) is 20.0 Å². The maximum absolute atomic E-state index is 13.1. The van der Waals surface area contributed by atoms with E-state index in [1.54, 1.807) is 13.0 Å². The summed E-state index contributed by atoms with van der Waals surface area (Å²) in [4.78, 5) is 4.03. The van der Waals surface area contributed by atoms with Gasteiger partial charge in [0.25, 0.3) is 0 Å². The first kappa shape index (κ1) is 12.2. The fourth-order valence-electron chi connectivity index (χ4n) is 1.55. The number of hydrogen-bond acceptors (Lipinski definition) is 5. The molecule has 2 rings (SSSR count). The molecule has 92 valence electrons. The second-order valence-electron chi connectivity index (χ2n) is 3.79. The molecular formula is C12H11FN4O. The van der Waals surface area contributed by atoms with E-state index in [0.717, 1.165) is 0 Å². The number of aromatic nitrogens is 2.